The third kappa shape index (κ3) is 2.94. The highest BCUT2D eigenvalue weighted by molar-refractivity contribution is 7.11. The summed E-state index contributed by atoms with van der Waals surface area (Å²) < 4.78 is 0. The van der Waals surface area contributed by atoms with Crippen LogP contribution in [-0.2, 0) is 4.79 Å². The van der Waals surface area contributed by atoms with Crippen LogP contribution in [0.25, 0.3) is 0 Å². The van der Waals surface area contributed by atoms with Gasteiger partial charge in [0.1, 0.15) is 6.10 Å². The van der Waals surface area contributed by atoms with Gasteiger partial charge in [-0.05, 0) is 29.8 Å². The lowest BCUT2D eigenvalue weighted by atomic mass is 10.2. The summed E-state index contributed by atoms with van der Waals surface area (Å²) in [4.78, 5) is 13.7. The highest BCUT2D eigenvalue weighted by atomic mass is 32.1. The second kappa shape index (κ2) is 5.44. The molecule has 2 aromatic heterocycles. The highest BCUT2D eigenvalue weighted by Gasteiger charge is 2.20. The minimum absolute atomic E-state index is 0.155. The molecule has 1 amide bonds. The zero-order valence-corrected chi connectivity index (χ0v) is 10.9. The van der Waals surface area contributed by atoms with Gasteiger partial charge in [-0.2, -0.15) is 0 Å². The summed E-state index contributed by atoms with van der Waals surface area (Å²) in [6, 6.07) is 7.72. The minimum atomic E-state index is -0.988. The molecule has 1 atom stereocenters. The Labute approximate surface area is 108 Å². The first-order valence-corrected chi connectivity index (χ1v) is 6.99. The molecule has 0 saturated heterocycles. The zero-order valence-electron chi connectivity index (χ0n) is 9.29. The van der Waals surface area contributed by atoms with Gasteiger partial charge in [0.25, 0.3) is 0 Å². The summed E-state index contributed by atoms with van der Waals surface area (Å²) >= 11 is 3.19. The van der Waals surface area contributed by atoms with E-state index < -0.39 is 6.10 Å². The van der Waals surface area contributed by atoms with Crippen molar-refractivity contribution in [2.75, 3.05) is 0 Å². The van der Waals surface area contributed by atoms with Gasteiger partial charge < -0.3 is 10.4 Å². The van der Waals surface area contributed by atoms with Crippen molar-refractivity contribution in [1.82, 2.24) is 5.32 Å². The van der Waals surface area contributed by atoms with E-state index in [9.17, 15) is 9.90 Å². The Morgan fingerprint density at radius 3 is 2.12 bits per heavy atom. The van der Waals surface area contributed by atoms with Gasteiger partial charge >= 0.3 is 0 Å². The topological polar surface area (TPSA) is 49.3 Å². The van der Waals surface area contributed by atoms with Gasteiger partial charge in [0.15, 0.2) is 0 Å². The summed E-state index contributed by atoms with van der Waals surface area (Å²) in [6.07, 6.45) is -0.988. The predicted molar refractivity (Wildman–Crippen MR) is 70.3 cm³/mol. The fraction of sp³-hybridized carbons (Fsp3) is 0.250. The Morgan fingerprint density at radius 2 is 1.76 bits per heavy atom. The maximum Gasteiger partial charge on any atom is 0.249 e. The fourth-order valence-electron chi connectivity index (χ4n) is 1.46. The van der Waals surface area contributed by atoms with Crippen molar-refractivity contribution in [2.45, 2.75) is 19.1 Å². The average Bonchev–Trinajstić information content (AvgIpc) is 2.98. The Morgan fingerprint density at radius 1 is 1.24 bits per heavy atom. The Balaban J connectivity index is 2.23. The van der Waals surface area contributed by atoms with Crippen LogP contribution in [0.2, 0.25) is 0 Å². The van der Waals surface area contributed by atoms with Gasteiger partial charge in [0, 0.05) is 9.75 Å². The molecule has 0 fully saturated rings. The molecule has 0 aromatic carbocycles. The van der Waals surface area contributed by atoms with Gasteiger partial charge in [-0.15, -0.1) is 22.7 Å². The van der Waals surface area contributed by atoms with Crippen molar-refractivity contribution in [3.63, 3.8) is 0 Å². The molecular weight excluding hydrogens is 254 g/mol. The number of hydrogen-bond donors (Lipinski definition) is 2. The Kier molecular flexibility index (Phi) is 3.93. The molecule has 0 spiro atoms. The molecule has 0 saturated carbocycles. The van der Waals surface area contributed by atoms with Crippen LogP contribution in [0, 0.1) is 0 Å². The fourth-order valence-corrected chi connectivity index (χ4v) is 3.12. The molecule has 5 heteroatoms. The largest absolute Gasteiger partial charge is 0.384 e. The van der Waals surface area contributed by atoms with Crippen molar-refractivity contribution < 1.29 is 9.90 Å². The maximum atomic E-state index is 11.6. The first-order valence-electron chi connectivity index (χ1n) is 5.23. The number of amides is 1. The van der Waals surface area contributed by atoms with Gasteiger partial charge in [-0.1, -0.05) is 12.1 Å². The van der Waals surface area contributed by atoms with Gasteiger partial charge in [-0.25, -0.2) is 0 Å². The normalized spacial score (nSPS) is 12.6. The lowest BCUT2D eigenvalue weighted by Crippen LogP contribution is -2.35. The van der Waals surface area contributed by atoms with E-state index in [1.54, 1.807) is 22.7 Å². The summed E-state index contributed by atoms with van der Waals surface area (Å²) in [6.45, 7) is 1.47. The molecule has 0 aliphatic heterocycles. The first-order chi connectivity index (χ1) is 8.18. The highest BCUT2D eigenvalue weighted by Crippen LogP contribution is 2.29. The number of rotatable bonds is 4. The average molecular weight is 267 g/mol. The predicted octanol–water partition coefficient (Wildman–Crippen LogP) is 2.40. The summed E-state index contributed by atoms with van der Waals surface area (Å²) in [5.74, 6) is -0.350. The lowest BCUT2D eigenvalue weighted by Gasteiger charge is -2.17. The SMILES string of the molecule is C[C@@H](O)C(=O)NC(c1cccs1)c1cccs1. The number of nitrogens with one attached hydrogen (secondary N) is 1. The van der Waals surface area contributed by atoms with Crippen LogP contribution in [0.4, 0.5) is 0 Å². The van der Waals surface area contributed by atoms with Crippen LogP contribution in [0.3, 0.4) is 0 Å². The molecular formula is C12H13NO2S2. The lowest BCUT2D eigenvalue weighted by molar-refractivity contribution is -0.128. The monoisotopic (exact) mass is 267 g/mol. The number of carbonyl (C=O) groups excluding carboxylic acids is 1. The second-order valence-electron chi connectivity index (χ2n) is 3.65. The summed E-state index contributed by atoms with van der Waals surface area (Å²) in [5, 5.41) is 16.1. The van der Waals surface area contributed by atoms with E-state index in [-0.39, 0.29) is 11.9 Å². The van der Waals surface area contributed by atoms with Crippen molar-refractivity contribution in [3.8, 4) is 0 Å². The number of hydrogen-bond acceptors (Lipinski definition) is 4. The van der Waals surface area contributed by atoms with Crippen LogP contribution in [-0.4, -0.2) is 17.1 Å². The summed E-state index contributed by atoms with van der Waals surface area (Å²) in [5.41, 5.74) is 0. The third-order valence-corrected chi connectivity index (χ3v) is 4.20. The molecule has 17 heavy (non-hydrogen) atoms. The molecule has 90 valence electrons. The van der Waals surface area contributed by atoms with Crippen LogP contribution < -0.4 is 5.32 Å². The smallest absolute Gasteiger partial charge is 0.249 e. The quantitative estimate of drug-likeness (QED) is 0.893. The molecule has 0 aliphatic rings. The second-order valence-corrected chi connectivity index (χ2v) is 5.61. The van der Waals surface area contributed by atoms with E-state index in [0.717, 1.165) is 9.75 Å². The van der Waals surface area contributed by atoms with E-state index in [4.69, 9.17) is 0 Å². The van der Waals surface area contributed by atoms with E-state index in [2.05, 4.69) is 5.32 Å². The number of carbonyl (C=O) groups is 1. The van der Waals surface area contributed by atoms with Gasteiger partial charge in [0.2, 0.25) is 5.91 Å². The van der Waals surface area contributed by atoms with Crippen molar-refractivity contribution in [2.24, 2.45) is 0 Å². The zero-order chi connectivity index (χ0) is 12.3. The Bertz CT molecular complexity index is 428. The molecule has 2 heterocycles. The molecule has 2 N–H and O–H groups in total. The van der Waals surface area contributed by atoms with Crippen molar-refractivity contribution in [3.05, 3.63) is 44.8 Å². The van der Waals surface area contributed by atoms with Crippen LogP contribution in [0.15, 0.2) is 35.0 Å². The molecule has 0 aliphatic carbocycles. The van der Waals surface area contributed by atoms with Crippen LogP contribution in [0.1, 0.15) is 22.7 Å². The maximum absolute atomic E-state index is 11.6. The first kappa shape index (κ1) is 12.3. The standard InChI is InChI=1S/C12H13NO2S2/c1-8(14)12(15)13-11(9-4-2-6-16-9)10-5-3-7-17-10/h2-8,11,14H,1H3,(H,13,15)/t8-/m1/s1. The van der Waals surface area contributed by atoms with Crippen molar-refractivity contribution in [1.29, 1.82) is 0 Å². The molecule has 2 rings (SSSR count). The van der Waals surface area contributed by atoms with Crippen LogP contribution >= 0.6 is 22.7 Å². The molecule has 2 aromatic rings. The van der Waals surface area contributed by atoms with E-state index in [1.165, 1.54) is 6.92 Å². The van der Waals surface area contributed by atoms with Gasteiger partial charge in [0.05, 0.1) is 6.04 Å². The van der Waals surface area contributed by atoms with E-state index in [1.807, 2.05) is 35.0 Å². The van der Waals surface area contributed by atoms with E-state index >= 15 is 0 Å². The van der Waals surface area contributed by atoms with Gasteiger partial charge in [-0.3, -0.25) is 4.79 Å². The number of thiophene rings is 2. The summed E-state index contributed by atoms with van der Waals surface area (Å²) in [7, 11) is 0. The molecule has 0 radical (unpaired) electrons. The molecule has 3 nitrogen and oxygen atoms in total. The third-order valence-electron chi connectivity index (χ3n) is 2.32. The van der Waals surface area contributed by atoms with Crippen molar-refractivity contribution >= 4 is 28.6 Å². The van der Waals surface area contributed by atoms with Crippen LogP contribution in [0.5, 0.6) is 0 Å². The number of aliphatic hydroxyl groups excluding tert-OH is 1. The molecule has 0 unspecified atom stereocenters. The number of aliphatic hydroxyl groups is 1. The molecule has 0 bridgehead atoms. The Hall–Kier alpha value is -1.17. The van der Waals surface area contributed by atoms with E-state index in [0.29, 0.717) is 0 Å². The minimum Gasteiger partial charge on any atom is -0.384 e.